The van der Waals surface area contributed by atoms with E-state index in [1.807, 2.05) is 35.7 Å². The van der Waals surface area contributed by atoms with Gasteiger partial charge in [-0.25, -0.2) is 0 Å². The van der Waals surface area contributed by atoms with Crippen LogP contribution in [0.1, 0.15) is 16.5 Å². The highest BCUT2D eigenvalue weighted by atomic mass is 79.9. The summed E-state index contributed by atoms with van der Waals surface area (Å²) in [7, 11) is 1.63. The van der Waals surface area contributed by atoms with Gasteiger partial charge in [0.05, 0.1) is 17.7 Å². The molecule has 0 amide bonds. The molecule has 0 aliphatic carbocycles. The Morgan fingerprint density at radius 2 is 2.24 bits per heavy atom. The van der Waals surface area contributed by atoms with Crippen LogP contribution in [0.2, 0.25) is 0 Å². The fourth-order valence-corrected chi connectivity index (χ4v) is 2.93. The molecule has 17 heavy (non-hydrogen) atoms. The van der Waals surface area contributed by atoms with Crippen molar-refractivity contribution in [1.29, 1.82) is 0 Å². The van der Waals surface area contributed by atoms with Crippen molar-refractivity contribution < 1.29 is 9.84 Å². The second-order valence-electron chi connectivity index (χ2n) is 3.69. The molecule has 1 unspecified atom stereocenters. The Bertz CT molecular complexity index is 482. The lowest BCUT2D eigenvalue weighted by molar-refractivity contribution is 0.179. The molecule has 0 aliphatic heterocycles. The average molecular weight is 313 g/mol. The maximum Gasteiger partial charge on any atom is 0.133 e. The molecule has 1 heterocycles. The van der Waals surface area contributed by atoms with Crippen LogP contribution in [0.4, 0.5) is 0 Å². The number of rotatable bonds is 4. The predicted molar refractivity (Wildman–Crippen MR) is 73.7 cm³/mol. The summed E-state index contributed by atoms with van der Waals surface area (Å²) in [6, 6.07) is 9.68. The molecule has 0 fully saturated rings. The normalized spacial score (nSPS) is 12.4. The van der Waals surface area contributed by atoms with Crippen LogP contribution < -0.4 is 4.74 Å². The summed E-state index contributed by atoms with van der Waals surface area (Å²) in [5, 5.41) is 12.1. The molecule has 90 valence electrons. The van der Waals surface area contributed by atoms with Crippen molar-refractivity contribution >= 4 is 27.3 Å². The first kappa shape index (κ1) is 12.6. The van der Waals surface area contributed by atoms with Crippen molar-refractivity contribution in [2.75, 3.05) is 7.11 Å². The van der Waals surface area contributed by atoms with E-state index in [-0.39, 0.29) is 0 Å². The molecule has 1 aromatic heterocycles. The fourth-order valence-electron chi connectivity index (χ4n) is 1.63. The second kappa shape index (κ2) is 5.67. The molecule has 0 saturated heterocycles. The topological polar surface area (TPSA) is 29.5 Å². The van der Waals surface area contributed by atoms with Crippen LogP contribution in [0.3, 0.4) is 0 Å². The molecule has 0 spiro atoms. The lowest BCUT2D eigenvalue weighted by Gasteiger charge is -2.11. The van der Waals surface area contributed by atoms with Crippen molar-refractivity contribution in [1.82, 2.24) is 0 Å². The molecule has 2 aromatic rings. The second-order valence-corrected chi connectivity index (χ2v) is 5.58. The van der Waals surface area contributed by atoms with Gasteiger partial charge < -0.3 is 9.84 Å². The van der Waals surface area contributed by atoms with Gasteiger partial charge in [-0.3, -0.25) is 0 Å². The minimum Gasteiger partial charge on any atom is -0.496 e. The summed E-state index contributed by atoms with van der Waals surface area (Å²) in [4.78, 5) is 1.18. The third-order valence-corrected chi connectivity index (χ3v) is 4.05. The van der Waals surface area contributed by atoms with Gasteiger partial charge in [0.1, 0.15) is 5.75 Å². The zero-order valence-corrected chi connectivity index (χ0v) is 11.8. The van der Waals surface area contributed by atoms with E-state index in [2.05, 4.69) is 15.9 Å². The van der Waals surface area contributed by atoms with Gasteiger partial charge in [-0.05, 0) is 45.1 Å². The largest absolute Gasteiger partial charge is 0.496 e. The maximum absolute atomic E-state index is 10.1. The van der Waals surface area contributed by atoms with Gasteiger partial charge in [0, 0.05) is 11.3 Å². The molecule has 0 radical (unpaired) electrons. The fraction of sp³-hybridized carbons (Fsp3) is 0.231. The quantitative estimate of drug-likeness (QED) is 0.930. The molecule has 1 atom stereocenters. The van der Waals surface area contributed by atoms with Gasteiger partial charge in [-0.15, -0.1) is 11.3 Å². The van der Waals surface area contributed by atoms with Gasteiger partial charge >= 0.3 is 0 Å². The Hall–Kier alpha value is -0.840. The number of aliphatic hydroxyl groups excluding tert-OH is 1. The number of thiophene rings is 1. The molecule has 2 rings (SSSR count). The van der Waals surface area contributed by atoms with Crippen LogP contribution in [-0.4, -0.2) is 12.2 Å². The average Bonchev–Trinajstić information content (AvgIpc) is 2.81. The van der Waals surface area contributed by atoms with Crippen molar-refractivity contribution in [3.63, 3.8) is 0 Å². The van der Waals surface area contributed by atoms with E-state index in [0.717, 1.165) is 15.8 Å². The van der Waals surface area contributed by atoms with E-state index >= 15 is 0 Å². The Labute approximate surface area is 113 Å². The van der Waals surface area contributed by atoms with Crippen LogP contribution in [0.5, 0.6) is 5.75 Å². The summed E-state index contributed by atoms with van der Waals surface area (Å²) in [5.41, 5.74) is 0.895. The number of halogens is 1. The summed E-state index contributed by atoms with van der Waals surface area (Å²) in [6.45, 7) is 0. The number of benzene rings is 1. The first-order valence-electron chi connectivity index (χ1n) is 5.24. The molecule has 4 heteroatoms. The first-order chi connectivity index (χ1) is 8.20. The van der Waals surface area contributed by atoms with Gasteiger partial charge in [-0.1, -0.05) is 12.1 Å². The number of aliphatic hydroxyl groups is 1. The highest BCUT2D eigenvalue weighted by Crippen LogP contribution is 2.29. The Kier molecular flexibility index (Phi) is 4.20. The van der Waals surface area contributed by atoms with Crippen LogP contribution in [0.25, 0.3) is 0 Å². The van der Waals surface area contributed by atoms with Crippen molar-refractivity contribution in [2.45, 2.75) is 12.5 Å². The minimum atomic E-state index is -0.476. The molecular weight excluding hydrogens is 300 g/mol. The van der Waals surface area contributed by atoms with Gasteiger partial charge in [0.25, 0.3) is 0 Å². The lowest BCUT2D eigenvalue weighted by Crippen LogP contribution is -2.00. The van der Waals surface area contributed by atoms with E-state index in [1.54, 1.807) is 18.4 Å². The molecule has 2 nitrogen and oxygen atoms in total. The van der Waals surface area contributed by atoms with Gasteiger partial charge in [-0.2, -0.15) is 0 Å². The molecule has 0 saturated carbocycles. The molecule has 1 aromatic carbocycles. The van der Waals surface area contributed by atoms with Crippen molar-refractivity contribution in [3.05, 3.63) is 50.6 Å². The smallest absolute Gasteiger partial charge is 0.133 e. The monoisotopic (exact) mass is 312 g/mol. The van der Waals surface area contributed by atoms with E-state index in [9.17, 15) is 5.11 Å². The first-order valence-corrected chi connectivity index (χ1v) is 6.92. The van der Waals surface area contributed by atoms with E-state index < -0.39 is 6.10 Å². The number of methoxy groups -OCH3 is 1. The number of hydrogen-bond donors (Lipinski definition) is 1. The van der Waals surface area contributed by atoms with E-state index in [1.165, 1.54) is 4.88 Å². The summed E-state index contributed by atoms with van der Waals surface area (Å²) in [6.07, 6.45) is 0.173. The molecule has 0 aliphatic rings. The summed E-state index contributed by atoms with van der Waals surface area (Å²) >= 11 is 5.08. The third-order valence-electron chi connectivity index (χ3n) is 2.54. The maximum atomic E-state index is 10.1. The molecule has 0 bridgehead atoms. The standard InChI is InChI=1S/C13H13BrO2S/c1-16-13-5-4-9(7-11(13)14)12(15)8-10-3-2-6-17-10/h2-7,12,15H,8H2,1H3. The van der Waals surface area contributed by atoms with Crippen molar-refractivity contribution in [3.8, 4) is 5.75 Å². The number of ether oxygens (including phenoxy) is 1. The third kappa shape index (κ3) is 3.09. The van der Waals surface area contributed by atoms with Crippen LogP contribution in [0, 0.1) is 0 Å². The lowest BCUT2D eigenvalue weighted by atomic mass is 10.1. The van der Waals surface area contributed by atoms with Gasteiger partial charge in [0.2, 0.25) is 0 Å². The zero-order valence-electron chi connectivity index (χ0n) is 9.39. The zero-order chi connectivity index (χ0) is 12.3. The van der Waals surface area contributed by atoms with E-state index in [0.29, 0.717) is 6.42 Å². The SMILES string of the molecule is COc1ccc(C(O)Cc2cccs2)cc1Br. The Balaban J connectivity index is 2.14. The molecule has 1 N–H and O–H groups in total. The van der Waals surface area contributed by atoms with Crippen LogP contribution >= 0.6 is 27.3 Å². The van der Waals surface area contributed by atoms with Crippen molar-refractivity contribution in [2.24, 2.45) is 0 Å². The van der Waals surface area contributed by atoms with Crippen LogP contribution in [0.15, 0.2) is 40.2 Å². The van der Waals surface area contributed by atoms with E-state index in [4.69, 9.17) is 4.74 Å². The van der Waals surface area contributed by atoms with Gasteiger partial charge in [0.15, 0.2) is 0 Å². The van der Waals surface area contributed by atoms with Crippen LogP contribution in [-0.2, 0) is 6.42 Å². The molecular formula is C13H13BrO2S. The Morgan fingerprint density at radius 3 is 2.82 bits per heavy atom. The number of hydrogen-bond acceptors (Lipinski definition) is 3. The predicted octanol–water partition coefficient (Wildman–Crippen LogP) is 3.80. The Morgan fingerprint density at radius 1 is 1.41 bits per heavy atom. The minimum absolute atomic E-state index is 0.476. The highest BCUT2D eigenvalue weighted by molar-refractivity contribution is 9.10. The highest BCUT2D eigenvalue weighted by Gasteiger charge is 2.11. The summed E-state index contributed by atoms with van der Waals surface area (Å²) in [5.74, 6) is 0.775. The summed E-state index contributed by atoms with van der Waals surface area (Å²) < 4.78 is 6.02.